The Morgan fingerprint density at radius 3 is 2.94 bits per heavy atom. The number of aliphatic hydroxyl groups excluding tert-OH is 2. The number of aliphatic hydroxyl groups is 2. The molecule has 2 aliphatic heterocycles. The van der Waals surface area contributed by atoms with Crippen molar-refractivity contribution < 1.29 is 24.5 Å². The predicted molar refractivity (Wildman–Crippen MR) is 132 cm³/mol. The lowest BCUT2D eigenvalue weighted by molar-refractivity contribution is 0.0536. The number of hydrogen-bond donors (Lipinski definition) is 4. The van der Waals surface area contributed by atoms with Crippen LogP contribution in [-0.4, -0.2) is 75.6 Å². The SMILES string of the molecule is O=C(NCc1nccs1)c1ccc2c(n1)N(C(=O)Nc1cc(OCC(O)CO)ccn1)[C@H]1CCN2C1. The quantitative estimate of drug-likeness (QED) is 0.350. The molecule has 3 aromatic heterocycles. The zero-order chi connectivity index (χ0) is 25.1. The zero-order valence-electron chi connectivity index (χ0n) is 19.2. The van der Waals surface area contributed by atoms with E-state index in [-0.39, 0.29) is 30.1 Å². The summed E-state index contributed by atoms with van der Waals surface area (Å²) >= 11 is 1.45. The number of amides is 3. The molecule has 0 radical (unpaired) electrons. The number of ether oxygens (including phenoxy) is 1. The van der Waals surface area contributed by atoms with Crippen LogP contribution in [0.4, 0.5) is 22.1 Å². The first kappa shape index (κ1) is 23.9. The highest BCUT2D eigenvalue weighted by Crippen LogP contribution is 2.39. The third kappa shape index (κ3) is 5.08. The van der Waals surface area contributed by atoms with Gasteiger partial charge >= 0.3 is 6.03 Å². The maximum absolute atomic E-state index is 13.4. The van der Waals surface area contributed by atoms with Crippen molar-refractivity contribution in [1.29, 1.82) is 0 Å². The van der Waals surface area contributed by atoms with Gasteiger partial charge in [0.05, 0.1) is 24.9 Å². The van der Waals surface area contributed by atoms with Crippen molar-refractivity contribution in [2.24, 2.45) is 0 Å². The third-order valence-electron chi connectivity index (χ3n) is 5.91. The van der Waals surface area contributed by atoms with Crippen LogP contribution >= 0.6 is 11.3 Å². The minimum absolute atomic E-state index is 0.0946. The number of carbonyl (C=O) groups excluding carboxylic acids is 2. The van der Waals surface area contributed by atoms with E-state index in [4.69, 9.17) is 9.84 Å². The lowest BCUT2D eigenvalue weighted by Gasteiger charge is -2.35. The molecular weight excluding hydrogens is 486 g/mol. The highest BCUT2D eigenvalue weighted by molar-refractivity contribution is 7.09. The highest BCUT2D eigenvalue weighted by Gasteiger charge is 2.40. The smallest absolute Gasteiger partial charge is 0.329 e. The van der Waals surface area contributed by atoms with Gasteiger partial charge in [0.25, 0.3) is 5.91 Å². The van der Waals surface area contributed by atoms with E-state index in [1.165, 1.54) is 23.6 Å². The Kier molecular flexibility index (Phi) is 6.93. The number of thiazole rings is 1. The summed E-state index contributed by atoms with van der Waals surface area (Å²) in [6.07, 6.45) is 2.91. The van der Waals surface area contributed by atoms with Gasteiger partial charge in [0.1, 0.15) is 35.0 Å². The second-order valence-corrected chi connectivity index (χ2v) is 9.34. The molecule has 3 aromatic rings. The van der Waals surface area contributed by atoms with Gasteiger partial charge in [-0.15, -0.1) is 11.3 Å². The van der Waals surface area contributed by atoms with Crippen molar-refractivity contribution in [2.45, 2.75) is 25.1 Å². The summed E-state index contributed by atoms with van der Waals surface area (Å²) in [5.74, 6) is 0.714. The van der Waals surface area contributed by atoms with Gasteiger partial charge in [0.15, 0.2) is 5.82 Å². The second-order valence-electron chi connectivity index (χ2n) is 8.36. The van der Waals surface area contributed by atoms with Gasteiger partial charge in [-0.25, -0.2) is 19.7 Å². The minimum Gasteiger partial charge on any atom is -0.491 e. The molecule has 5 heterocycles. The maximum atomic E-state index is 13.4. The maximum Gasteiger partial charge on any atom is 0.329 e. The van der Waals surface area contributed by atoms with E-state index in [1.807, 2.05) is 11.4 Å². The first-order valence-corrected chi connectivity index (χ1v) is 12.3. The van der Waals surface area contributed by atoms with Crippen LogP contribution in [-0.2, 0) is 6.54 Å². The second kappa shape index (κ2) is 10.4. The first-order chi connectivity index (χ1) is 17.5. The summed E-state index contributed by atoms with van der Waals surface area (Å²) in [6.45, 7) is 1.25. The van der Waals surface area contributed by atoms with Crippen LogP contribution in [0.25, 0.3) is 0 Å². The fraction of sp³-hybridized carbons (Fsp3) is 0.348. The first-order valence-electron chi connectivity index (χ1n) is 11.4. The third-order valence-corrected chi connectivity index (χ3v) is 6.69. The van der Waals surface area contributed by atoms with E-state index in [9.17, 15) is 14.7 Å². The van der Waals surface area contributed by atoms with Gasteiger partial charge in [0, 0.05) is 36.9 Å². The number of pyridine rings is 2. The van der Waals surface area contributed by atoms with E-state index < -0.39 is 18.7 Å². The standard InChI is InChI=1S/C23H25N7O5S/c31-12-15(32)13-35-16-3-5-24-19(9-16)28-23(34)30-14-4-7-29(11-14)18-2-1-17(27-21(18)30)22(33)26-10-20-25-6-8-36-20/h1-3,5-6,8-9,14-15,31-32H,4,7,10-13H2,(H,26,33)(H,24,28,34)/t14-,15?/m0/s1. The van der Waals surface area contributed by atoms with E-state index in [0.717, 1.165) is 23.7 Å². The van der Waals surface area contributed by atoms with Gasteiger partial charge in [0.2, 0.25) is 0 Å². The van der Waals surface area contributed by atoms with E-state index in [2.05, 4.69) is 30.5 Å². The minimum atomic E-state index is -1.01. The van der Waals surface area contributed by atoms with Crippen LogP contribution in [0.1, 0.15) is 21.9 Å². The van der Waals surface area contributed by atoms with Gasteiger partial charge in [-0.1, -0.05) is 0 Å². The van der Waals surface area contributed by atoms with Crippen LogP contribution in [0.3, 0.4) is 0 Å². The molecule has 0 aliphatic carbocycles. The number of carbonyl (C=O) groups is 2. The van der Waals surface area contributed by atoms with Crippen molar-refractivity contribution in [1.82, 2.24) is 20.3 Å². The molecule has 0 aromatic carbocycles. The predicted octanol–water partition coefficient (Wildman–Crippen LogP) is 1.23. The molecule has 1 unspecified atom stereocenters. The van der Waals surface area contributed by atoms with Gasteiger partial charge in [-0.2, -0.15) is 0 Å². The number of nitrogens with one attached hydrogen (secondary N) is 2. The van der Waals surface area contributed by atoms with Crippen molar-refractivity contribution in [2.75, 3.05) is 41.4 Å². The molecule has 0 saturated carbocycles. The summed E-state index contributed by atoms with van der Waals surface area (Å²) in [4.78, 5) is 42.8. The average Bonchev–Trinajstić information content (AvgIpc) is 3.57. The molecule has 12 nitrogen and oxygen atoms in total. The number of fused-ring (bicyclic) bond motifs is 4. The molecule has 1 fully saturated rings. The van der Waals surface area contributed by atoms with Crippen molar-refractivity contribution in [3.63, 3.8) is 0 Å². The molecule has 2 atom stereocenters. The van der Waals surface area contributed by atoms with Crippen LogP contribution in [0.5, 0.6) is 5.75 Å². The fourth-order valence-electron chi connectivity index (χ4n) is 4.17. The Morgan fingerprint density at radius 1 is 1.25 bits per heavy atom. The molecule has 2 aliphatic rings. The van der Waals surface area contributed by atoms with Gasteiger partial charge < -0.3 is 25.2 Å². The molecule has 36 heavy (non-hydrogen) atoms. The van der Waals surface area contributed by atoms with Crippen LogP contribution < -0.4 is 25.2 Å². The monoisotopic (exact) mass is 511 g/mol. The van der Waals surface area contributed by atoms with Crippen molar-refractivity contribution >= 4 is 40.6 Å². The average molecular weight is 512 g/mol. The number of urea groups is 1. The molecule has 188 valence electrons. The summed E-state index contributed by atoms with van der Waals surface area (Å²) in [6, 6.07) is 6.08. The molecule has 5 rings (SSSR count). The number of hydrogen-bond acceptors (Lipinski definition) is 10. The summed E-state index contributed by atoms with van der Waals surface area (Å²) in [7, 11) is 0. The summed E-state index contributed by atoms with van der Waals surface area (Å²) in [5.41, 5.74) is 1.000. The van der Waals surface area contributed by atoms with Gasteiger partial charge in [-0.05, 0) is 24.6 Å². The van der Waals surface area contributed by atoms with Crippen LogP contribution in [0.2, 0.25) is 0 Å². The Hall–Kier alpha value is -3.81. The lowest BCUT2D eigenvalue weighted by Crippen LogP contribution is -2.48. The lowest BCUT2D eigenvalue weighted by atomic mass is 10.1. The Bertz CT molecular complexity index is 1240. The number of aromatic nitrogens is 3. The van der Waals surface area contributed by atoms with Crippen LogP contribution in [0.15, 0.2) is 42.0 Å². The molecule has 4 N–H and O–H groups in total. The Morgan fingerprint density at radius 2 is 2.14 bits per heavy atom. The zero-order valence-corrected chi connectivity index (χ0v) is 20.0. The van der Waals surface area contributed by atoms with E-state index in [1.54, 1.807) is 23.2 Å². The van der Waals surface area contributed by atoms with E-state index in [0.29, 0.717) is 24.7 Å². The topological polar surface area (TPSA) is 153 Å². The molecule has 2 bridgehead atoms. The van der Waals surface area contributed by atoms with E-state index >= 15 is 0 Å². The number of anilines is 3. The highest BCUT2D eigenvalue weighted by atomic mass is 32.1. The van der Waals surface area contributed by atoms with Crippen molar-refractivity contribution in [3.05, 3.63) is 52.7 Å². The molecule has 0 spiro atoms. The molecular formula is C23H25N7O5S. The normalized spacial score (nSPS) is 16.9. The fourth-order valence-corrected chi connectivity index (χ4v) is 4.72. The Balaban J connectivity index is 1.34. The van der Waals surface area contributed by atoms with Crippen LogP contribution in [0, 0.1) is 0 Å². The van der Waals surface area contributed by atoms with Crippen molar-refractivity contribution in [3.8, 4) is 5.75 Å². The molecule has 1 saturated heterocycles. The summed E-state index contributed by atoms with van der Waals surface area (Å²) < 4.78 is 5.44. The molecule has 13 heteroatoms. The summed E-state index contributed by atoms with van der Waals surface area (Å²) in [5, 5.41) is 26.7. The Labute approximate surface area is 210 Å². The number of rotatable bonds is 8. The van der Waals surface area contributed by atoms with Gasteiger partial charge in [-0.3, -0.25) is 15.0 Å². The number of nitrogens with zero attached hydrogens (tertiary/aromatic N) is 5. The molecule has 3 amide bonds. The largest absolute Gasteiger partial charge is 0.491 e.